The number of carbonyl (C=O) groups excluding carboxylic acids is 4. The van der Waals surface area contributed by atoms with Crippen molar-refractivity contribution in [3.8, 4) is 17.1 Å². The average Bonchev–Trinajstić information content (AvgIpc) is 3.96. The molecule has 0 spiro atoms. The molecule has 4 aliphatic heterocycles. The topological polar surface area (TPSA) is 157 Å². The number of imidazole rings is 1. The summed E-state index contributed by atoms with van der Waals surface area (Å²) in [4.78, 5) is 64.9. The minimum atomic E-state index is -1.07. The number of aromatic nitrogens is 5. The molecule has 14 nitrogen and oxygen atoms in total. The maximum Gasteiger partial charge on any atom is 0.258 e. The molecule has 16 heteroatoms. The summed E-state index contributed by atoms with van der Waals surface area (Å²) in [6.45, 7) is 7.20. The van der Waals surface area contributed by atoms with Crippen molar-refractivity contribution in [3.05, 3.63) is 82.7 Å². The highest BCUT2D eigenvalue weighted by molar-refractivity contribution is 6.05. The Bertz CT molecular complexity index is 2540. The van der Waals surface area contributed by atoms with Crippen LogP contribution in [0.1, 0.15) is 90.9 Å². The van der Waals surface area contributed by atoms with Crippen molar-refractivity contribution in [2.75, 3.05) is 43.0 Å². The van der Waals surface area contributed by atoms with E-state index in [0.29, 0.717) is 80.2 Å². The number of aryl methyl sites for hydroxylation is 2. The van der Waals surface area contributed by atoms with E-state index in [1.807, 2.05) is 29.8 Å². The standard InChI is InChI=1S/C45H49F2N9O5/c1-25-5-4-16-61-44-33(22-48-53(44)3)37-18-30(17-26(2)49-37)41(58)52-45-50-36-8-6-28(19-38(36)56(45)23-25)27-10-13-54(14-11-27)43(60)29-12-15-55(24-29)31-20-34(46)40(35(47)21-31)32-7-9-39(57)51-42(32)59/h6,8,17-22,25,27,29,32H,4-5,7,9-16,23-24H2,1-3H3,(H,50,52,58)(H,51,57,59)/t25-,29-,32-/m1/s1. The molecule has 4 amide bonds. The van der Waals surface area contributed by atoms with Gasteiger partial charge in [-0.25, -0.2) is 18.4 Å². The Morgan fingerprint density at radius 3 is 2.46 bits per heavy atom. The molecule has 3 fully saturated rings. The number of pyridine rings is 1. The number of piperidine rings is 2. The fourth-order valence-corrected chi connectivity index (χ4v) is 9.51. The van der Waals surface area contributed by atoms with Gasteiger partial charge in [0, 0.05) is 68.7 Å². The van der Waals surface area contributed by atoms with E-state index in [4.69, 9.17) is 14.7 Å². The van der Waals surface area contributed by atoms with Crippen molar-refractivity contribution in [2.24, 2.45) is 18.9 Å². The van der Waals surface area contributed by atoms with Crippen LogP contribution in [0.2, 0.25) is 0 Å². The molecule has 61 heavy (non-hydrogen) atoms. The van der Waals surface area contributed by atoms with Gasteiger partial charge in [0.05, 0.1) is 46.9 Å². The predicted octanol–water partition coefficient (Wildman–Crippen LogP) is 6.23. The van der Waals surface area contributed by atoms with Gasteiger partial charge in [-0.15, -0.1) is 0 Å². The smallest absolute Gasteiger partial charge is 0.258 e. The van der Waals surface area contributed by atoms with Crippen molar-refractivity contribution in [3.63, 3.8) is 0 Å². The van der Waals surface area contributed by atoms with Crippen LogP contribution in [0.15, 0.2) is 48.7 Å². The largest absolute Gasteiger partial charge is 0.477 e. The summed E-state index contributed by atoms with van der Waals surface area (Å²) < 4.78 is 40.7. The molecule has 5 aromatic rings. The third-order valence-electron chi connectivity index (χ3n) is 12.8. The van der Waals surface area contributed by atoms with Gasteiger partial charge in [0.1, 0.15) is 11.6 Å². The molecule has 7 heterocycles. The maximum atomic E-state index is 15.3. The molecule has 3 saturated heterocycles. The van der Waals surface area contributed by atoms with Gasteiger partial charge in [0.15, 0.2) is 0 Å². The Morgan fingerprint density at radius 2 is 1.69 bits per heavy atom. The van der Waals surface area contributed by atoms with Crippen LogP contribution >= 0.6 is 0 Å². The number of hydrogen-bond donors (Lipinski definition) is 2. The lowest BCUT2D eigenvalue weighted by atomic mass is 9.88. The molecule has 9 rings (SSSR count). The van der Waals surface area contributed by atoms with E-state index in [2.05, 4.69) is 39.4 Å². The second kappa shape index (κ2) is 16.3. The first kappa shape index (κ1) is 40.2. The lowest BCUT2D eigenvalue weighted by Gasteiger charge is -2.34. The van der Waals surface area contributed by atoms with E-state index in [1.54, 1.807) is 23.0 Å². The highest BCUT2D eigenvalue weighted by Gasteiger charge is 2.36. The summed E-state index contributed by atoms with van der Waals surface area (Å²) in [6.07, 6.45) is 5.62. The van der Waals surface area contributed by atoms with Crippen molar-refractivity contribution in [1.29, 1.82) is 0 Å². The van der Waals surface area contributed by atoms with Crippen LogP contribution < -0.4 is 20.3 Å². The minimum Gasteiger partial charge on any atom is -0.477 e. The number of nitrogens with zero attached hydrogens (tertiary/aromatic N) is 7. The van der Waals surface area contributed by atoms with Gasteiger partial charge in [-0.1, -0.05) is 13.0 Å². The number of nitrogens with one attached hydrogen (secondary N) is 2. The number of ether oxygens (including phenoxy) is 1. The number of halogens is 2. The number of imide groups is 1. The molecule has 318 valence electrons. The van der Waals surface area contributed by atoms with Gasteiger partial charge in [0.2, 0.25) is 29.5 Å². The maximum absolute atomic E-state index is 15.3. The summed E-state index contributed by atoms with van der Waals surface area (Å²) in [7, 11) is 1.83. The van der Waals surface area contributed by atoms with E-state index in [-0.39, 0.29) is 48.0 Å². The van der Waals surface area contributed by atoms with Crippen molar-refractivity contribution >= 4 is 46.3 Å². The molecule has 0 unspecified atom stereocenters. The monoisotopic (exact) mass is 833 g/mol. The van der Waals surface area contributed by atoms with Crippen LogP contribution in [0, 0.1) is 30.4 Å². The zero-order valence-corrected chi connectivity index (χ0v) is 34.5. The number of carbonyl (C=O) groups is 4. The van der Waals surface area contributed by atoms with Crippen molar-refractivity contribution in [2.45, 2.75) is 77.2 Å². The Kier molecular flexibility index (Phi) is 10.8. The van der Waals surface area contributed by atoms with Crippen LogP contribution in [0.5, 0.6) is 5.88 Å². The second-order valence-electron chi connectivity index (χ2n) is 17.1. The normalized spacial score (nSPS) is 21.6. The fourth-order valence-electron chi connectivity index (χ4n) is 9.51. The van der Waals surface area contributed by atoms with Crippen LogP contribution in [0.3, 0.4) is 0 Å². The van der Waals surface area contributed by atoms with Gasteiger partial charge < -0.3 is 19.1 Å². The summed E-state index contributed by atoms with van der Waals surface area (Å²) in [5.41, 5.74) is 5.36. The number of hydrogen-bond acceptors (Lipinski definition) is 9. The molecule has 2 bridgehead atoms. The van der Waals surface area contributed by atoms with E-state index in [0.717, 1.165) is 47.8 Å². The van der Waals surface area contributed by atoms with Crippen LogP contribution in [-0.4, -0.2) is 85.6 Å². The third kappa shape index (κ3) is 7.95. The highest BCUT2D eigenvalue weighted by Crippen LogP contribution is 2.37. The lowest BCUT2D eigenvalue weighted by molar-refractivity contribution is -0.136. The summed E-state index contributed by atoms with van der Waals surface area (Å²) in [6, 6.07) is 12.3. The van der Waals surface area contributed by atoms with Gasteiger partial charge in [-0.3, -0.25) is 34.8 Å². The Hall–Kier alpha value is -6.19. The van der Waals surface area contributed by atoms with Gasteiger partial charge >= 0.3 is 0 Å². The molecular weight excluding hydrogens is 785 g/mol. The zero-order valence-electron chi connectivity index (χ0n) is 34.5. The summed E-state index contributed by atoms with van der Waals surface area (Å²) in [5, 5.41) is 9.68. The first-order chi connectivity index (χ1) is 29.4. The minimum absolute atomic E-state index is 0.0207. The van der Waals surface area contributed by atoms with E-state index in [1.165, 1.54) is 12.1 Å². The van der Waals surface area contributed by atoms with Crippen LogP contribution in [0.4, 0.5) is 20.4 Å². The Labute approximate surface area is 351 Å². The number of fused-ring (bicyclic) bond motifs is 7. The fraction of sp³-hybridized carbons (Fsp3) is 0.444. The molecule has 2 aromatic carbocycles. The number of anilines is 2. The molecule has 3 aromatic heterocycles. The number of rotatable bonds is 4. The molecule has 0 aliphatic carbocycles. The zero-order chi connectivity index (χ0) is 42.5. The van der Waals surface area contributed by atoms with Gasteiger partial charge in [-0.05, 0) is 99.2 Å². The third-order valence-corrected chi connectivity index (χ3v) is 12.8. The highest BCUT2D eigenvalue weighted by atomic mass is 19.1. The number of amides is 4. The molecule has 0 radical (unpaired) electrons. The lowest BCUT2D eigenvalue weighted by Crippen LogP contribution is -2.42. The molecule has 0 saturated carbocycles. The average molecular weight is 834 g/mol. The summed E-state index contributed by atoms with van der Waals surface area (Å²) in [5.74, 6) is -2.87. The summed E-state index contributed by atoms with van der Waals surface area (Å²) >= 11 is 0. The van der Waals surface area contributed by atoms with Gasteiger partial charge in [-0.2, -0.15) is 5.10 Å². The quantitative estimate of drug-likeness (QED) is 0.201. The van der Waals surface area contributed by atoms with Crippen LogP contribution in [0.25, 0.3) is 22.3 Å². The molecule has 3 atom stereocenters. The number of likely N-dealkylation sites (tertiary alicyclic amines) is 1. The molecule has 2 N–H and O–H groups in total. The molecular formula is C45H49F2N9O5. The Balaban J connectivity index is 0.880. The predicted molar refractivity (Wildman–Crippen MR) is 223 cm³/mol. The van der Waals surface area contributed by atoms with Crippen LogP contribution in [-0.2, 0) is 28.0 Å². The Morgan fingerprint density at radius 1 is 0.902 bits per heavy atom. The second-order valence-corrected chi connectivity index (χ2v) is 17.1. The van der Waals surface area contributed by atoms with E-state index >= 15 is 8.78 Å². The number of benzene rings is 2. The van der Waals surface area contributed by atoms with E-state index in [9.17, 15) is 19.2 Å². The first-order valence-corrected chi connectivity index (χ1v) is 21.2. The molecule has 4 aliphatic rings. The van der Waals surface area contributed by atoms with Gasteiger partial charge in [0.25, 0.3) is 5.91 Å². The van der Waals surface area contributed by atoms with Crippen molar-refractivity contribution in [1.82, 2.24) is 34.5 Å². The van der Waals surface area contributed by atoms with Crippen molar-refractivity contribution < 1.29 is 32.7 Å². The van der Waals surface area contributed by atoms with E-state index < -0.39 is 29.4 Å². The first-order valence-electron chi connectivity index (χ1n) is 21.2. The SMILES string of the molecule is Cc1cc2cc(n1)-c1cnn(C)c1OCCC[C@@H](C)Cn1c(nc3ccc(C4CCN(C(=O)[C@@H]5CCN(c6cc(F)c([C@H]7CCC(=O)NC7=O)c(F)c6)C5)CC4)cc31)NC2=O.